The summed E-state index contributed by atoms with van der Waals surface area (Å²) < 4.78 is 12.5. The Morgan fingerprint density at radius 1 is 1.04 bits per heavy atom. The second-order valence-electron chi connectivity index (χ2n) is 5.38. The number of furan rings is 1. The predicted molar refractivity (Wildman–Crippen MR) is 102 cm³/mol. The zero-order chi connectivity index (χ0) is 17.2. The number of rotatable bonds is 3. The van der Waals surface area contributed by atoms with E-state index in [1.54, 1.807) is 6.08 Å². The third kappa shape index (κ3) is 3.06. The summed E-state index contributed by atoms with van der Waals surface area (Å²) in [5.74, 6) is 1.20. The largest absolute Gasteiger partial charge is 0.450 e. The molecule has 1 aromatic heterocycles. The SMILES string of the molecule is O=C/C=C1/OC(/C=C/c2ccccc2)=Nc2c1oc1ccc(Br)cc21. The van der Waals surface area contributed by atoms with Crippen molar-refractivity contribution in [3.8, 4) is 0 Å². The number of fused-ring (bicyclic) bond motifs is 3. The highest BCUT2D eigenvalue weighted by atomic mass is 79.9. The first-order valence-electron chi connectivity index (χ1n) is 7.62. The van der Waals surface area contributed by atoms with E-state index in [1.165, 1.54) is 6.08 Å². The van der Waals surface area contributed by atoms with E-state index in [0.29, 0.717) is 35.0 Å². The lowest BCUT2D eigenvalue weighted by Gasteiger charge is -2.13. The van der Waals surface area contributed by atoms with E-state index >= 15 is 0 Å². The maximum atomic E-state index is 11.0. The standard InChI is InChI=1S/C20H12BrNO3/c21-14-7-8-16-15(12-14)19-20(25-16)17(10-11-23)24-18(22-19)9-6-13-4-2-1-3-5-13/h1-12H/b9-6+,17-10+. The van der Waals surface area contributed by atoms with E-state index in [1.807, 2.05) is 54.6 Å². The molecule has 3 aromatic rings. The molecule has 0 atom stereocenters. The van der Waals surface area contributed by atoms with Crippen LogP contribution in [0, 0.1) is 0 Å². The summed E-state index contributed by atoms with van der Waals surface area (Å²) in [6, 6.07) is 15.5. The van der Waals surface area contributed by atoms with Crippen molar-refractivity contribution >= 4 is 56.6 Å². The van der Waals surface area contributed by atoms with Crippen molar-refractivity contribution in [3.05, 3.63) is 76.5 Å². The van der Waals surface area contributed by atoms with Crippen molar-refractivity contribution < 1.29 is 13.9 Å². The summed E-state index contributed by atoms with van der Waals surface area (Å²) in [5, 5.41) is 0.857. The van der Waals surface area contributed by atoms with Gasteiger partial charge in [0, 0.05) is 22.0 Å². The maximum Gasteiger partial charge on any atom is 0.220 e. The third-order valence-corrected chi connectivity index (χ3v) is 4.21. The number of ether oxygens (including phenoxy) is 1. The summed E-state index contributed by atoms with van der Waals surface area (Å²) in [6.07, 6.45) is 5.68. The van der Waals surface area contributed by atoms with Gasteiger partial charge in [-0.1, -0.05) is 46.3 Å². The average Bonchev–Trinajstić information content (AvgIpc) is 2.99. The van der Waals surface area contributed by atoms with E-state index in [4.69, 9.17) is 9.15 Å². The summed E-state index contributed by atoms with van der Waals surface area (Å²) >= 11 is 3.46. The van der Waals surface area contributed by atoms with Gasteiger partial charge >= 0.3 is 0 Å². The number of allylic oxidation sites excluding steroid dienone is 1. The van der Waals surface area contributed by atoms with Gasteiger partial charge in [-0.05, 0) is 29.8 Å². The van der Waals surface area contributed by atoms with Crippen molar-refractivity contribution in [1.29, 1.82) is 0 Å². The van der Waals surface area contributed by atoms with Crippen molar-refractivity contribution in [3.63, 3.8) is 0 Å². The van der Waals surface area contributed by atoms with E-state index in [-0.39, 0.29) is 0 Å². The minimum absolute atomic E-state index is 0.347. The minimum Gasteiger partial charge on any atom is -0.450 e. The number of hydrogen-bond acceptors (Lipinski definition) is 4. The number of hydrogen-bond donors (Lipinski definition) is 0. The van der Waals surface area contributed by atoms with Gasteiger partial charge in [0.25, 0.3) is 0 Å². The Morgan fingerprint density at radius 3 is 2.68 bits per heavy atom. The molecule has 0 unspecified atom stereocenters. The molecule has 0 fully saturated rings. The molecule has 0 spiro atoms. The van der Waals surface area contributed by atoms with Crippen molar-refractivity contribution in [2.75, 3.05) is 0 Å². The summed E-state index contributed by atoms with van der Waals surface area (Å²) in [5.41, 5.74) is 2.37. The average molecular weight is 394 g/mol. The van der Waals surface area contributed by atoms with Crippen LogP contribution in [0.1, 0.15) is 11.3 Å². The molecular weight excluding hydrogens is 382 g/mol. The number of carbonyl (C=O) groups excluding carboxylic acids is 1. The van der Waals surface area contributed by atoms with Gasteiger partial charge in [-0.15, -0.1) is 0 Å². The van der Waals surface area contributed by atoms with Crippen LogP contribution in [-0.4, -0.2) is 12.2 Å². The normalized spacial score (nSPS) is 15.2. The van der Waals surface area contributed by atoms with Crippen LogP contribution in [0.4, 0.5) is 5.69 Å². The van der Waals surface area contributed by atoms with Gasteiger partial charge < -0.3 is 9.15 Å². The highest BCUT2D eigenvalue weighted by Crippen LogP contribution is 2.41. The van der Waals surface area contributed by atoms with E-state index in [9.17, 15) is 4.79 Å². The topological polar surface area (TPSA) is 51.8 Å². The second-order valence-corrected chi connectivity index (χ2v) is 6.30. The molecule has 1 aliphatic rings. The van der Waals surface area contributed by atoms with Gasteiger partial charge in [-0.3, -0.25) is 4.79 Å². The van der Waals surface area contributed by atoms with Gasteiger partial charge in [0.2, 0.25) is 5.90 Å². The molecule has 0 radical (unpaired) electrons. The molecule has 122 valence electrons. The van der Waals surface area contributed by atoms with Crippen molar-refractivity contribution in [1.82, 2.24) is 0 Å². The lowest BCUT2D eigenvalue weighted by atomic mass is 10.2. The maximum absolute atomic E-state index is 11.0. The first-order valence-corrected chi connectivity index (χ1v) is 8.41. The molecule has 4 rings (SSSR count). The van der Waals surface area contributed by atoms with E-state index in [2.05, 4.69) is 20.9 Å². The lowest BCUT2D eigenvalue weighted by molar-refractivity contribution is -0.104. The first-order chi connectivity index (χ1) is 12.2. The molecule has 0 N–H and O–H groups in total. The summed E-state index contributed by atoms with van der Waals surface area (Å²) in [6.45, 7) is 0. The van der Waals surface area contributed by atoms with E-state index in [0.717, 1.165) is 15.4 Å². The van der Waals surface area contributed by atoms with Gasteiger partial charge in [-0.2, -0.15) is 0 Å². The molecular formula is C20H12BrNO3. The quantitative estimate of drug-likeness (QED) is 0.435. The zero-order valence-electron chi connectivity index (χ0n) is 13.0. The number of aldehydes is 1. The first kappa shape index (κ1) is 15.6. The van der Waals surface area contributed by atoms with Crippen LogP contribution < -0.4 is 0 Å². The van der Waals surface area contributed by atoms with Crippen LogP contribution in [0.5, 0.6) is 0 Å². The van der Waals surface area contributed by atoms with Crippen molar-refractivity contribution in [2.45, 2.75) is 0 Å². The number of nitrogens with zero attached hydrogens (tertiary/aromatic N) is 1. The number of carbonyl (C=O) groups is 1. The van der Waals surface area contributed by atoms with Gasteiger partial charge in [0.1, 0.15) is 17.6 Å². The Morgan fingerprint density at radius 2 is 1.88 bits per heavy atom. The Kier molecular flexibility index (Phi) is 4.07. The number of halogens is 1. The highest BCUT2D eigenvalue weighted by molar-refractivity contribution is 9.10. The van der Waals surface area contributed by atoms with Crippen molar-refractivity contribution in [2.24, 2.45) is 4.99 Å². The molecule has 0 aliphatic carbocycles. The zero-order valence-corrected chi connectivity index (χ0v) is 14.6. The fraction of sp³-hybridized carbons (Fsp3) is 0. The molecule has 4 nitrogen and oxygen atoms in total. The van der Waals surface area contributed by atoms with Crippen LogP contribution >= 0.6 is 15.9 Å². The monoisotopic (exact) mass is 393 g/mol. The molecule has 0 bridgehead atoms. The van der Waals surface area contributed by atoms with Crippen LogP contribution in [0.3, 0.4) is 0 Å². The highest BCUT2D eigenvalue weighted by Gasteiger charge is 2.24. The smallest absolute Gasteiger partial charge is 0.220 e. The Labute approximate surface area is 152 Å². The Balaban J connectivity index is 1.83. The summed E-state index contributed by atoms with van der Waals surface area (Å²) in [4.78, 5) is 15.5. The molecule has 2 heterocycles. The number of benzene rings is 2. The minimum atomic E-state index is 0.347. The molecule has 25 heavy (non-hydrogen) atoms. The molecule has 0 saturated carbocycles. The van der Waals surface area contributed by atoms with Crippen LogP contribution in [0.2, 0.25) is 0 Å². The molecule has 5 heteroatoms. The molecule has 2 aromatic carbocycles. The Hall–Kier alpha value is -2.92. The third-order valence-electron chi connectivity index (χ3n) is 3.72. The second kappa shape index (κ2) is 6.53. The van der Waals surface area contributed by atoms with E-state index < -0.39 is 0 Å². The van der Waals surface area contributed by atoms with Gasteiger partial charge in [-0.25, -0.2) is 4.99 Å². The predicted octanol–water partition coefficient (Wildman–Crippen LogP) is 5.51. The molecule has 0 saturated heterocycles. The summed E-state index contributed by atoms with van der Waals surface area (Å²) in [7, 11) is 0. The van der Waals surface area contributed by atoms with Gasteiger partial charge in [0.15, 0.2) is 11.5 Å². The van der Waals surface area contributed by atoms with Crippen LogP contribution in [0.25, 0.3) is 22.8 Å². The van der Waals surface area contributed by atoms with Gasteiger partial charge in [0.05, 0.1) is 0 Å². The Bertz CT molecular complexity index is 1050. The molecule has 0 amide bonds. The fourth-order valence-electron chi connectivity index (χ4n) is 2.60. The lowest BCUT2D eigenvalue weighted by Crippen LogP contribution is -2.05. The van der Waals surface area contributed by atoms with Crippen LogP contribution in [0.15, 0.2) is 74.6 Å². The fourth-order valence-corrected chi connectivity index (χ4v) is 2.96. The van der Waals surface area contributed by atoms with Crippen LogP contribution in [-0.2, 0) is 9.53 Å². The molecule has 1 aliphatic heterocycles. The number of aliphatic imine (C=N–C) groups is 1.